The van der Waals surface area contributed by atoms with Crippen LogP contribution in [0, 0.1) is 25.7 Å². The second-order valence-electron chi connectivity index (χ2n) is 6.47. The Morgan fingerprint density at radius 1 is 1.04 bits per heavy atom. The summed E-state index contributed by atoms with van der Waals surface area (Å²) in [5.41, 5.74) is 0.969. The van der Waals surface area contributed by atoms with E-state index in [2.05, 4.69) is 29.7 Å². The zero-order valence-corrected chi connectivity index (χ0v) is 15.7. The molecule has 3 rings (SSSR count). The molecular formula is C20H21F3N2S. The molecule has 1 fully saturated rings. The Labute approximate surface area is 156 Å². The predicted octanol–water partition coefficient (Wildman–Crippen LogP) is 4.56. The molecule has 0 unspecified atom stereocenters. The molecule has 1 aliphatic rings. The van der Waals surface area contributed by atoms with Crippen LogP contribution in [-0.4, -0.2) is 37.6 Å². The molecule has 2 aromatic rings. The number of thiophene rings is 1. The Kier molecular flexibility index (Phi) is 5.59. The van der Waals surface area contributed by atoms with Crippen molar-refractivity contribution in [1.29, 1.82) is 0 Å². The van der Waals surface area contributed by atoms with Crippen molar-refractivity contribution in [2.45, 2.75) is 20.0 Å². The lowest BCUT2D eigenvalue weighted by Gasteiger charge is -2.36. The van der Waals surface area contributed by atoms with E-state index in [0.29, 0.717) is 25.3 Å². The van der Waals surface area contributed by atoms with Crippen molar-refractivity contribution in [3.63, 3.8) is 0 Å². The Bertz CT molecular complexity index is 822. The molecule has 2 heterocycles. The number of alkyl halides is 3. The smallest absolute Gasteiger partial charge is 0.369 e. The Morgan fingerprint density at radius 2 is 1.77 bits per heavy atom. The molecule has 0 amide bonds. The maximum absolute atomic E-state index is 13.0. The standard InChI is InChI=1S/C20H21F3N2S/c1-15-5-7-17(20(21,22)23)14-19(15)25-12-10-24(11-13-25)9-3-4-18-8-6-16(2)26-18/h5-8,14H,9-13H2,1-2H3. The third-order valence-electron chi connectivity index (χ3n) is 4.50. The molecule has 0 radical (unpaired) electrons. The Morgan fingerprint density at radius 3 is 2.38 bits per heavy atom. The lowest BCUT2D eigenvalue weighted by molar-refractivity contribution is -0.137. The first kappa shape index (κ1) is 18.8. The maximum Gasteiger partial charge on any atom is 0.416 e. The number of benzene rings is 1. The van der Waals surface area contributed by atoms with Gasteiger partial charge in [-0.3, -0.25) is 4.90 Å². The molecule has 0 N–H and O–H groups in total. The zero-order chi connectivity index (χ0) is 18.7. The third-order valence-corrected chi connectivity index (χ3v) is 5.42. The molecule has 1 aromatic heterocycles. The van der Waals surface area contributed by atoms with Gasteiger partial charge in [0.15, 0.2) is 0 Å². The molecule has 0 spiro atoms. The molecule has 1 saturated heterocycles. The quantitative estimate of drug-likeness (QED) is 0.707. The molecular weight excluding hydrogens is 357 g/mol. The van der Waals surface area contributed by atoms with Gasteiger partial charge in [0.25, 0.3) is 0 Å². The normalized spacial score (nSPS) is 15.7. The highest BCUT2D eigenvalue weighted by molar-refractivity contribution is 7.12. The fourth-order valence-corrected chi connectivity index (χ4v) is 3.76. The molecule has 0 saturated carbocycles. The lowest BCUT2D eigenvalue weighted by atomic mass is 10.1. The van der Waals surface area contributed by atoms with Crippen molar-refractivity contribution in [3.8, 4) is 11.8 Å². The van der Waals surface area contributed by atoms with Crippen LogP contribution in [0.3, 0.4) is 0 Å². The highest BCUT2D eigenvalue weighted by Gasteiger charge is 2.31. The SMILES string of the molecule is Cc1ccc(C#CCN2CCN(c3cc(C(F)(F)F)ccc3C)CC2)s1. The van der Waals surface area contributed by atoms with Crippen LogP contribution in [0.15, 0.2) is 30.3 Å². The van der Waals surface area contributed by atoms with Gasteiger partial charge in [0.2, 0.25) is 0 Å². The monoisotopic (exact) mass is 378 g/mol. The average Bonchev–Trinajstić information content (AvgIpc) is 3.00. The second-order valence-corrected chi connectivity index (χ2v) is 7.76. The van der Waals surface area contributed by atoms with Crippen molar-refractivity contribution >= 4 is 17.0 Å². The number of piperazine rings is 1. The van der Waals surface area contributed by atoms with E-state index in [4.69, 9.17) is 0 Å². The van der Waals surface area contributed by atoms with E-state index in [1.54, 1.807) is 17.4 Å². The van der Waals surface area contributed by atoms with Gasteiger partial charge >= 0.3 is 6.18 Å². The number of hydrogen-bond acceptors (Lipinski definition) is 3. The summed E-state index contributed by atoms with van der Waals surface area (Å²) in [5, 5.41) is 0. The number of anilines is 1. The van der Waals surface area contributed by atoms with E-state index in [1.807, 2.05) is 17.9 Å². The third kappa shape index (κ3) is 4.60. The molecule has 0 aliphatic carbocycles. The van der Waals surface area contributed by atoms with Crippen molar-refractivity contribution in [2.75, 3.05) is 37.6 Å². The number of aryl methyl sites for hydroxylation is 2. The summed E-state index contributed by atoms with van der Waals surface area (Å²) < 4.78 is 38.9. The zero-order valence-electron chi connectivity index (χ0n) is 14.9. The first-order valence-corrected chi connectivity index (χ1v) is 9.35. The number of nitrogens with zero attached hydrogens (tertiary/aromatic N) is 2. The predicted molar refractivity (Wildman–Crippen MR) is 101 cm³/mol. The van der Waals surface area contributed by atoms with Gasteiger partial charge in [-0.2, -0.15) is 13.2 Å². The average molecular weight is 378 g/mol. The van der Waals surface area contributed by atoms with Crippen molar-refractivity contribution in [1.82, 2.24) is 4.90 Å². The van der Waals surface area contributed by atoms with Crippen LogP contribution in [-0.2, 0) is 6.18 Å². The molecule has 1 aromatic carbocycles. The van der Waals surface area contributed by atoms with Gasteiger partial charge in [-0.25, -0.2) is 0 Å². The van der Waals surface area contributed by atoms with E-state index in [9.17, 15) is 13.2 Å². The molecule has 1 aliphatic heterocycles. The van der Waals surface area contributed by atoms with Gasteiger partial charge in [0.1, 0.15) is 0 Å². The summed E-state index contributed by atoms with van der Waals surface area (Å²) >= 11 is 1.68. The minimum atomic E-state index is -4.31. The summed E-state index contributed by atoms with van der Waals surface area (Å²) in [5.74, 6) is 6.38. The summed E-state index contributed by atoms with van der Waals surface area (Å²) in [7, 11) is 0. The summed E-state index contributed by atoms with van der Waals surface area (Å²) in [6.45, 7) is 7.62. The Balaban J connectivity index is 1.59. The first-order chi connectivity index (χ1) is 12.3. The molecule has 0 atom stereocenters. The summed E-state index contributed by atoms with van der Waals surface area (Å²) in [4.78, 5) is 6.60. The molecule has 26 heavy (non-hydrogen) atoms. The van der Waals surface area contributed by atoms with Crippen LogP contribution in [0.2, 0.25) is 0 Å². The minimum Gasteiger partial charge on any atom is -0.369 e. The number of hydrogen-bond donors (Lipinski definition) is 0. The maximum atomic E-state index is 13.0. The van der Waals surface area contributed by atoms with Crippen LogP contribution in [0.1, 0.15) is 20.9 Å². The van der Waals surface area contributed by atoms with Crippen LogP contribution in [0.5, 0.6) is 0 Å². The summed E-state index contributed by atoms with van der Waals surface area (Å²) in [6, 6.07) is 8.06. The second kappa shape index (κ2) is 7.73. The van der Waals surface area contributed by atoms with Gasteiger partial charge in [0.05, 0.1) is 17.0 Å². The van der Waals surface area contributed by atoms with Gasteiger partial charge < -0.3 is 4.90 Å². The van der Waals surface area contributed by atoms with Crippen LogP contribution in [0.4, 0.5) is 18.9 Å². The molecule has 2 nitrogen and oxygen atoms in total. The highest BCUT2D eigenvalue weighted by Crippen LogP contribution is 2.33. The van der Waals surface area contributed by atoms with E-state index in [0.717, 1.165) is 29.6 Å². The van der Waals surface area contributed by atoms with Crippen molar-refractivity contribution in [3.05, 3.63) is 51.2 Å². The number of halogens is 3. The highest BCUT2D eigenvalue weighted by atomic mass is 32.1. The van der Waals surface area contributed by atoms with E-state index >= 15 is 0 Å². The van der Waals surface area contributed by atoms with Crippen LogP contribution >= 0.6 is 11.3 Å². The largest absolute Gasteiger partial charge is 0.416 e. The molecule has 0 bridgehead atoms. The molecule has 138 valence electrons. The van der Waals surface area contributed by atoms with Gasteiger partial charge in [0, 0.05) is 36.7 Å². The Hall–Kier alpha value is -1.97. The fourth-order valence-electron chi connectivity index (χ4n) is 3.01. The van der Waals surface area contributed by atoms with E-state index in [1.165, 1.54) is 10.9 Å². The topological polar surface area (TPSA) is 6.48 Å². The lowest BCUT2D eigenvalue weighted by Crippen LogP contribution is -2.46. The van der Waals surface area contributed by atoms with Gasteiger partial charge in [-0.05, 0) is 43.7 Å². The van der Waals surface area contributed by atoms with Crippen LogP contribution in [0.25, 0.3) is 0 Å². The first-order valence-electron chi connectivity index (χ1n) is 8.53. The molecule has 6 heteroatoms. The fraction of sp³-hybridized carbons (Fsp3) is 0.400. The number of rotatable bonds is 2. The van der Waals surface area contributed by atoms with E-state index < -0.39 is 11.7 Å². The van der Waals surface area contributed by atoms with Crippen molar-refractivity contribution < 1.29 is 13.2 Å². The van der Waals surface area contributed by atoms with Crippen molar-refractivity contribution in [2.24, 2.45) is 0 Å². The van der Waals surface area contributed by atoms with Crippen LogP contribution < -0.4 is 4.90 Å². The minimum absolute atomic E-state index is 0.586. The van der Waals surface area contributed by atoms with E-state index in [-0.39, 0.29) is 0 Å². The van der Waals surface area contributed by atoms with Gasteiger partial charge in [-0.15, -0.1) is 11.3 Å². The van der Waals surface area contributed by atoms with Gasteiger partial charge in [-0.1, -0.05) is 17.9 Å². The summed E-state index contributed by atoms with van der Waals surface area (Å²) in [6.07, 6.45) is -4.31.